The third kappa shape index (κ3) is 21.9. The van der Waals surface area contributed by atoms with Gasteiger partial charge in [0.2, 0.25) is 6.29 Å². The van der Waals surface area contributed by atoms with E-state index in [0.29, 0.717) is 37.1 Å². The van der Waals surface area contributed by atoms with Crippen molar-refractivity contribution in [1.82, 2.24) is 4.90 Å². The molecule has 0 aromatic carbocycles. The molecule has 2 N–H and O–H groups in total. The zero-order valence-electron chi connectivity index (χ0n) is 26.2. The largest absolute Gasteiger partial charge is 0.870 e. The molecule has 1 heterocycles. The number of carbonyl (C=O) groups is 1. The van der Waals surface area contributed by atoms with Crippen LogP contribution in [0.1, 0.15) is 122 Å². The Morgan fingerprint density at radius 1 is 0.875 bits per heavy atom. The van der Waals surface area contributed by atoms with Gasteiger partial charge in [-0.25, -0.2) is 4.79 Å². The maximum atomic E-state index is 12.5. The third-order valence-electron chi connectivity index (χ3n) is 7.50. The molecular weight excluding hydrogens is 531 g/mol. The molecule has 0 radical (unpaired) electrons. The maximum Gasteiger partial charge on any atom is 0.700 e. The summed E-state index contributed by atoms with van der Waals surface area (Å²) in [4.78, 5) is 14.1. The van der Waals surface area contributed by atoms with E-state index in [2.05, 4.69) is 6.92 Å². The average Bonchev–Trinajstić information content (AvgIpc) is 2.89. The van der Waals surface area contributed by atoms with Gasteiger partial charge < -0.3 is 24.7 Å². The Kier molecular flexibility index (Phi) is 24.2. The number of likely N-dealkylation sites (tertiary alicyclic amines) is 1. The van der Waals surface area contributed by atoms with Crippen LogP contribution in [-0.4, -0.2) is 86.3 Å². The van der Waals surface area contributed by atoms with Gasteiger partial charge in [0.05, 0.1) is 27.7 Å². The van der Waals surface area contributed by atoms with Gasteiger partial charge in [0.1, 0.15) is 6.54 Å². The summed E-state index contributed by atoms with van der Waals surface area (Å²) in [6, 6.07) is 0. The molecule has 1 amide bonds. The molecule has 1 aliphatic rings. The lowest BCUT2D eigenvalue weighted by Crippen LogP contribution is -2.44. The Balaban J connectivity index is 0.0000152. The Labute approximate surface area is 246 Å². The number of hydrogen-bond donors (Lipinski definition) is 1. The molecule has 10 heteroatoms. The molecule has 9 nitrogen and oxygen atoms in total. The van der Waals surface area contributed by atoms with E-state index in [1.807, 2.05) is 21.1 Å². The number of piperidine rings is 1. The van der Waals surface area contributed by atoms with Crippen LogP contribution in [0.15, 0.2) is 0 Å². The fourth-order valence-electron chi connectivity index (χ4n) is 4.90. The van der Waals surface area contributed by atoms with Gasteiger partial charge >= 0.3 is 14.3 Å². The van der Waals surface area contributed by atoms with Crippen LogP contribution < -0.4 is 0 Å². The van der Waals surface area contributed by atoms with Crippen LogP contribution in [0, 0.1) is 5.92 Å². The lowest BCUT2D eigenvalue weighted by Gasteiger charge is -2.32. The van der Waals surface area contributed by atoms with E-state index < -0.39 is 14.5 Å². The van der Waals surface area contributed by atoms with E-state index in [1.54, 1.807) is 4.90 Å². The molecule has 238 valence electrons. The van der Waals surface area contributed by atoms with Crippen LogP contribution in [0.3, 0.4) is 0 Å². The highest BCUT2D eigenvalue weighted by Gasteiger charge is 2.36. The first-order valence-corrected chi connectivity index (χ1v) is 17.0. The Bertz CT molecular complexity index is 634. The standard InChI is InChI=1S/C30H61N2O6P.H2O/c1-5-6-7-8-9-10-11-12-13-14-15-16-17-18-19-20-25-36-30(34)31-23-21-22-28(27-31)29(33)38-39(35)37-26-24-32(2,3)4;/h28-29,33H,5-27H2,1-4H3;1H2/q+2;/p-1. The number of carbonyl (C=O) groups excluding carboxylic acids is 1. The highest BCUT2D eigenvalue weighted by atomic mass is 31.1. The van der Waals surface area contributed by atoms with Crippen molar-refractivity contribution >= 4 is 14.3 Å². The number of unbranched alkanes of at least 4 members (excludes halogenated alkanes) is 15. The fourth-order valence-corrected chi connectivity index (χ4v) is 5.54. The highest BCUT2D eigenvalue weighted by Crippen LogP contribution is 2.31. The SMILES string of the molecule is CCCCCCCCCCCCCCCCCCOC(=O)N1CCCC(C(O)O[P+](=O)OCC[N+](C)(C)C)C1.[OH-]. The molecule has 3 unspecified atom stereocenters. The minimum Gasteiger partial charge on any atom is -0.870 e. The van der Waals surface area contributed by atoms with Gasteiger partial charge in [-0.3, -0.25) is 0 Å². The van der Waals surface area contributed by atoms with E-state index in [-0.39, 0.29) is 24.1 Å². The lowest BCUT2D eigenvalue weighted by atomic mass is 9.98. The van der Waals surface area contributed by atoms with Crippen molar-refractivity contribution in [3.05, 3.63) is 0 Å². The highest BCUT2D eigenvalue weighted by molar-refractivity contribution is 7.33. The third-order valence-corrected chi connectivity index (χ3v) is 8.28. The molecule has 0 spiro atoms. The number of nitrogens with zero attached hydrogens (tertiary/aromatic N) is 2. The smallest absolute Gasteiger partial charge is 0.700 e. The molecule has 1 saturated heterocycles. The lowest BCUT2D eigenvalue weighted by molar-refractivity contribution is -0.870. The van der Waals surface area contributed by atoms with Gasteiger partial charge in [-0.15, -0.1) is 4.52 Å². The van der Waals surface area contributed by atoms with Crippen molar-refractivity contribution in [2.45, 2.75) is 129 Å². The second kappa shape index (κ2) is 24.7. The molecule has 3 atom stereocenters. The van der Waals surface area contributed by atoms with Crippen molar-refractivity contribution < 1.29 is 38.2 Å². The normalized spacial score (nSPS) is 16.9. The summed E-state index contributed by atoms with van der Waals surface area (Å²) in [6.45, 7) is 4.61. The average molecular weight is 594 g/mol. The Morgan fingerprint density at radius 2 is 1.38 bits per heavy atom. The Hall–Kier alpha value is -0.830. The van der Waals surface area contributed by atoms with E-state index in [4.69, 9.17) is 13.8 Å². The topological polar surface area (TPSA) is 115 Å². The summed E-state index contributed by atoms with van der Waals surface area (Å²) in [5, 5.41) is 10.4. The zero-order valence-corrected chi connectivity index (χ0v) is 27.1. The van der Waals surface area contributed by atoms with Crippen LogP contribution in [0.2, 0.25) is 0 Å². The van der Waals surface area contributed by atoms with Gasteiger partial charge in [-0.2, -0.15) is 0 Å². The van der Waals surface area contributed by atoms with Gasteiger partial charge in [0.15, 0.2) is 6.61 Å². The zero-order chi connectivity index (χ0) is 28.8. The molecular formula is C30H62N2O7P+. The first kappa shape index (κ1) is 39.2. The first-order valence-electron chi connectivity index (χ1n) is 15.9. The summed E-state index contributed by atoms with van der Waals surface area (Å²) >= 11 is 0. The quantitative estimate of drug-likeness (QED) is 0.0529. The second-order valence-corrected chi connectivity index (χ2v) is 13.2. The maximum absolute atomic E-state index is 12.5. The minimum atomic E-state index is -2.40. The summed E-state index contributed by atoms with van der Waals surface area (Å²) in [7, 11) is 3.65. The van der Waals surface area contributed by atoms with Gasteiger partial charge in [-0.1, -0.05) is 108 Å². The molecule has 1 fully saturated rings. The van der Waals surface area contributed by atoms with Crippen LogP contribution in [-0.2, 0) is 18.3 Å². The van der Waals surface area contributed by atoms with Gasteiger partial charge in [0.25, 0.3) is 0 Å². The fraction of sp³-hybridized carbons (Fsp3) is 0.967. The number of likely N-dealkylation sites (N-methyl/N-ethyl adjacent to an activating group) is 1. The number of amides is 1. The van der Waals surface area contributed by atoms with Gasteiger partial charge in [-0.05, 0) is 19.3 Å². The predicted octanol–water partition coefficient (Wildman–Crippen LogP) is 7.63. The second-order valence-electron chi connectivity index (χ2n) is 12.3. The molecule has 0 aliphatic carbocycles. The van der Waals surface area contributed by atoms with Crippen LogP contribution in [0.5, 0.6) is 0 Å². The predicted molar refractivity (Wildman–Crippen MR) is 161 cm³/mol. The van der Waals surface area contributed by atoms with Crippen LogP contribution in [0.25, 0.3) is 0 Å². The molecule has 0 aromatic rings. The molecule has 1 rings (SSSR count). The Morgan fingerprint density at radius 3 is 1.88 bits per heavy atom. The summed E-state index contributed by atoms with van der Waals surface area (Å²) < 4.78 is 28.6. The van der Waals surface area contributed by atoms with Gasteiger partial charge in [0, 0.05) is 23.6 Å². The number of hydrogen-bond acceptors (Lipinski definition) is 7. The minimum absolute atomic E-state index is 0. The van der Waals surface area contributed by atoms with E-state index in [1.165, 1.54) is 89.9 Å². The summed E-state index contributed by atoms with van der Waals surface area (Å²) in [5.41, 5.74) is 0. The van der Waals surface area contributed by atoms with Crippen molar-refractivity contribution in [3.8, 4) is 0 Å². The summed E-state index contributed by atoms with van der Waals surface area (Å²) in [6.07, 6.45) is 20.9. The van der Waals surface area contributed by atoms with E-state index >= 15 is 0 Å². The number of rotatable bonds is 24. The number of aliphatic hydroxyl groups excluding tert-OH is 1. The molecule has 0 aromatic heterocycles. The van der Waals surface area contributed by atoms with Crippen LogP contribution >= 0.6 is 8.25 Å². The summed E-state index contributed by atoms with van der Waals surface area (Å²) in [5.74, 6) is -0.303. The van der Waals surface area contributed by atoms with Crippen molar-refractivity contribution in [2.24, 2.45) is 5.92 Å². The molecule has 40 heavy (non-hydrogen) atoms. The number of ether oxygens (including phenoxy) is 1. The first-order chi connectivity index (χ1) is 18.7. The number of aliphatic hydroxyl groups is 1. The van der Waals surface area contributed by atoms with Crippen molar-refractivity contribution in [1.29, 1.82) is 0 Å². The molecule has 1 aliphatic heterocycles. The number of quaternary nitrogens is 1. The molecule has 0 bridgehead atoms. The monoisotopic (exact) mass is 593 g/mol. The van der Waals surface area contributed by atoms with Crippen molar-refractivity contribution in [3.63, 3.8) is 0 Å². The molecule has 0 saturated carbocycles. The van der Waals surface area contributed by atoms with E-state index in [0.717, 1.165) is 19.3 Å². The van der Waals surface area contributed by atoms with Crippen LogP contribution in [0.4, 0.5) is 4.79 Å². The van der Waals surface area contributed by atoms with E-state index in [9.17, 15) is 14.5 Å². The van der Waals surface area contributed by atoms with Crippen molar-refractivity contribution in [2.75, 3.05) is 54.0 Å².